The lowest BCUT2D eigenvalue weighted by atomic mass is 10.1. The zero-order valence-corrected chi connectivity index (χ0v) is 6.18. The molecule has 0 aromatic heterocycles. The van der Waals surface area contributed by atoms with Crippen LogP contribution in [0.15, 0.2) is 6.07 Å². The van der Waals surface area contributed by atoms with E-state index >= 15 is 0 Å². The number of carbonyl (C=O) groups excluding carboxylic acids is 2. The molecule has 0 saturated carbocycles. The summed E-state index contributed by atoms with van der Waals surface area (Å²) in [6, 6.07) is 0.467. The van der Waals surface area contributed by atoms with Gasteiger partial charge in [0, 0.05) is 5.56 Å². The highest BCUT2D eigenvalue weighted by atomic mass is 19.2. The van der Waals surface area contributed by atoms with E-state index in [9.17, 15) is 22.8 Å². The number of hydrogen-bond acceptors (Lipinski definition) is 2. The van der Waals surface area contributed by atoms with E-state index in [0.717, 1.165) is 0 Å². The lowest BCUT2D eigenvalue weighted by molar-refractivity contribution is 0.109. The molecule has 0 spiro atoms. The fraction of sp³-hybridized carbons (Fsp3) is 0. The Morgan fingerprint density at radius 1 is 1.00 bits per heavy atom. The average Bonchev–Trinajstić information content (AvgIpc) is 2.13. The van der Waals surface area contributed by atoms with Crippen molar-refractivity contribution >= 4 is 12.6 Å². The Labute approximate surface area is 71.0 Å². The predicted octanol–water partition coefficient (Wildman–Crippen LogP) is 1.73. The molecule has 0 atom stereocenters. The van der Waals surface area contributed by atoms with E-state index in [2.05, 4.69) is 0 Å². The van der Waals surface area contributed by atoms with Gasteiger partial charge in [0.25, 0.3) is 0 Å². The fourth-order valence-corrected chi connectivity index (χ4v) is 0.845. The standard InChI is InChI=1S/C8H3F3O2/c9-6-1-4(2-12)5(3-13)7(10)8(6)11/h1-3H. The second kappa shape index (κ2) is 3.38. The van der Waals surface area contributed by atoms with Crippen LogP contribution in [0.25, 0.3) is 0 Å². The quantitative estimate of drug-likeness (QED) is 0.523. The molecule has 0 aliphatic carbocycles. The molecule has 0 amide bonds. The van der Waals surface area contributed by atoms with Gasteiger partial charge < -0.3 is 0 Å². The average molecular weight is 188 g/mol. The summed E-state index contributed by atoms with van der Waals surface area (Å²) in [5.41, 5.74) is -1.28. The van der Waals surface area contributed by atoms with E-state index in [-0.39, 0.29) is 12.6 Å². The Hall–Kier alpha value is -1.65. The summed E-state index contributed by atoms with van der Waals surface area (Å²) in [5, 5.41) is 0. The smallest absolute Gasteiger partial charge is 0.195 e. The van der Waals surface area contributed by atoms with Crippen molar-refractivity contribution in [2.24, 2.45) is 0 Å². The molecule has 0 radical (unpaired) electrons. The maximum atomic E-state index is 12.7. The molecule has 0 heterocycles. The van der Waals surface area contributed by atoms with E-state index in [1.807, 2.05) is 0 Å². The molecule has 13 heavy (non-hydrogen) atoms. The first-order valence-electron chi connectivity index (χ1n) is 3.19. The van der Waals surface area contributed by atoms with Crippen molar-refractivity contribution in [2.75, 3.05) is 0 Å². The maximum Gasteiger partial charge on any atom is 0.195 e. The van der Waals surface area contributed by atoms with Gasteiger partial charge in [-0.25, -0.2) is 13.2 Å². The van der Waals surface area contributed by atoms with E-state index in [1.165, 1.54) is 0 Å². The molecule has 0 N–H and O–H groups in total. The third-order valence-corrected chi connectivity index (χ3v) is 1.48. The van der Waals surface area contributed by atoms with Gasteiger partial charge in [-0.2, -0.15) is 0 Å². The largest absolute Gasteiger partial charge is 0.298 e. The molecular weight excluding hydrogens is 185 g/mol. The molecule has 0 unspecified atom stereocenters. The minimum absolute atomic E-state index is 0.0401. The number of benzene rings is 1. The first kappa shape index (κ1) is 9.44. The van der Waals surface area contributed by atoms with Crippen LogP contribution in [0.3, 0.4) is 0 Å². The van der Waals surface area contributed by atoms with Gasteiger partial charge in [0.2, 0.25) is 0 Å². The minimum Gasteiger partial charge on any atom is -0.298 e. The number of carbonyl (C=O) groups is 2. The highest BCUT2D eigenvalue weighted by Gasteiger charge is 2.17. The molecule has 1 rings (SSSR count). The topological polar surface area (TPSA) is 34.1 Å². The van der Waals surface area contributed by atoms with Gasteiger partial charge in [0.1, 0.15) is 0 Å². The van der Waals surface area contributed by atoms with Gasteiger partial charge >= 0.3 is 0 Å². The second-order valence-corrected chi connectivity index (χ2v) is 2.22. The van der Waals surface area contributed by atoms with Crippen molar-refractivity contribution < 1.29 is 22.8 Å². The molecular formula is C8H3F3O2. The molecule has 1 aromatic rings. The van der Waals surface area contributed by atoms with Crippen LogP contribution in [0, 0.1) is 17.5 Å². The van der Waals surface area contributed by atoms with Crippen molar-refractivity contribution in [2.45, 2.75) is 0 Å². The summed E-state index contributed by atoms with van der Waals surface area (Å²) in [6.07, 6.45) is 0.0386. The number of aldehydes is 2. The van der Waals surface area contributed by atoms with E-state index in [4.69, 9.17) is 0 Å². The van der Waals surface area contributed by atoms with Gasteiger partial charge in [-0.1, -0.05) is 0 Å². The number of hydrogen-bond donors (Lipinski definition) is 0. The van der Waals surface area contributed by atoms with Crippen LogP contribution in [0.1, 0.15) is 20.7 Å². The monoisotopic (exact) mass is 188 g/mol. The molecule has 68 valence electrons. The molecule has 0 aliphatic rings. The van der Waals surface area contributed by atoms with Crippen LogP contribution in [0.5, 0.6) is 0 Å². The maximum absolute atomic E-state index is 12.7. The normalized spacial score (nSPS) is 9.77. The Morgan fingerprint density at radius 3 is 2.08 bits per heavy atom. The van der Waals surface area contributed by atoms with Crippen molar-refractivity contribution in [1.29, 1.82) is 0 Å². The molecule has 1 aromatic carbocycles. The molecule has 0 saturated heterocycles. The molecule has 5 heteroatoms. The Morgan fingerprint density at radius 2 is 1.62 bits per heavy atom. The predicted molar refractivity (Wildman–Crippen MR) is 37.1 cm³/mol. The highest BCUT2D eigenvalue weighted by Crippen LogP contribution is 2.17. The van der Waals surface area contributed by atoms with Crippen LogP contribution in [-0.2, 0) is 0 Å². The highest BCUT2D eigenvalue weighted by molar-refractivity contribution is 5.90. The van der Waals surface area contributed by atoms with E-state index in [1.54, 1.807) is 0 Å². The summed E-state index contributed by atoms with van der Waals surface area (Å²) in [7, 11) is 0. The van der Waals surface area contributed by atoms with Crippen molar-refractivity contribution in [3.63, 3.8) is 0 Å². The zero-order valence-electron chi connectivity index (χ0n) is 6.18. The second-order valence-electron chi connectivity index (χ2n) is 2.22. The molecule has 0 bridgehead atoms. The Balaban J connectivity index is 3.56. The first-order chi connectivity index (χ1) is 6.11. The van der Waals surface area contributed by atoms with Crippen LogP contribution >= 0.6 is 0 Å². The lowest BCUT2D eigenvalue weighted by Gasteiger charge is -2.00. The molecule has 0 fully saturated rings. The summed E-state index contributed by atoms with van der Waals surface area (Å²) in [4.78, 5) is 20.4. The Bertz CT molecular complexity index is 374. The summed E-state index contributed by atoms with van der Waals surface area (Å²) < 4.78 is 37.6. The zero-order chi connectivity index (χ0) is 10.0. The summed E-state index contributed by atoms with van der Waals surface area (Å²) in [6.45, 7) is 0. The summed E-state index contributed by atoms with van der Waals surface area (Å²) >= 11 is 0. The third-order valence-electron chi connectivity index (χ3n) is 1.48. The first-order valence-corrected chi connectivity index (χ1v) is 3.19. The van der Waals surface area contributed by atoms with Gasteiger partial charge in [0.15, 0.2) is 30.0 Å². The minimum atomic E-state index is -1.76. The van der Waals surface area contributed by atoms with Crippen LogP contribution in [0.4, 0.5) is 13.2 Å². The summed E-state index contributed by atoms with van der Waals surface area (Å²) in [5.74, 6) is -4.89. The van der Waals surface area contributed by atoms with Crippen molar-refractivity contribution in [1.82, 2.24) is 0 Å². The van der Waals surface area contributed by atoms with Gasteiger partial charge in [-0.3, -0.25) is 9.59 Å². The van der Waals surface area contributed by atoms with Gasteiger partial charge in [0.05, 0.1) is 5.56 Å². The fourth-order valence-electron chi connectivity index (χ4n) is 0.845. The van der Waals surface area contributed by atoms with Crippen LogP contribution in [-0.4, -0.2) is 12.6 Å². The lowest BCUT2D eigenvalue weighted by Crippen LogP contribution is -2.02. The SMILES string of the molecule is O=Cc1cc(F)c(F)c(F)c1C=O. The van der Waals surface area contributed by atoms with Crippen LogP contribution < -0.4 is 0 Å². The third kappa shape index (κ3) is 1.44. The van der Waals surface area contributed by atoms with E-state index in [0.29, 0.717) is 6.07 Å². The van der Waals surface area contributed by atoms with Gasteiger partial charge in [-0.05, 0) is 6.07 Å². The molecule has 0 aliphatic heterocycles. The van der Waals surface area contributed by atoms with Crippen LogP contribution in [0.2, 0.25) is 0 Å². The van der Waals surface area contributed by atoms with E-state index < -0.39 is 28.6 Å². The number of rotatable bonds is 2. The molecule has 2 nitrogen and oxygen atoms in total. The van der Waals surface area contributed by atoms with Crippen molar-refractivity contribution in [3.05, 3.63) is 34.6 Å². The Kier molecular flexibility index (Phi) is 2.46. The van der Waals surface area contributed by atoms with Crippen molar-refractivity contribution in [3.8, 4) is 0 Å². The number of halogens is 3. The van der Waals surface area contributed by atoms with Gasteiger partial charge in [-0.15, -0.1) is 0 Å².